The number of allylic oxidation sites excluding steroid dienone is 3. The van der Waals surface area contributed by atoms with E-state index in [1.807, 2.05) is 6.92 Å². The van der Waals surface area contributed by atoms with E-state index in [9.17, 15) is 9.90 Å². The molecule has 0 aromatic heterocycles. The molecular formula is C16H22O2. The molecule has 0 aliphatic heterocycles. The molecule has 1 N–H and O–H groups in total. The van der Waals surface area contributed by atoms with E-state index in [1.54, 1.807) is 0 Å². The molecule has 0 bridgehead atoms. The van der Waals surface area contributed by atoms with E-state index in [0.717, 1.165) is 18.4 Å². The van der Waals surface area contributed by atoms with Gasteiger partial charge in [-0.3, -0.25) is 4.79 Å². The Balaban J connectivity index is 2.03. The van der Waals surface area contributed by atoms with Gasteiger partial charge in [0.1, 0.15) is 5.78 Å². The summed E-state index contributed by atoms with van der Waals surface area (Å²) in [7, 11) is 0. The van der Waals surface area contributed by atoms with Gasteiger partial charge in [-0.05, 0) is 44.1 Å². The van der Waals surface area contributed by atoms with Gasteiger partial charge in [0.15, 0.2) is 0 Å². The number of carbonyl (C=O) groups excluding carboxylic acids is 1. The maximum absolute atomic E-state index is 12.0. The lowest BCUT2D eigenvalue weighted by molar-refractivity contribution is -0.120. The average molecular weight is 246 g/mol. The zero-order chi connectivity index (χ0) is 13.1. The third-order valence-electron chi connectivity index (χ3n) is 5.50. The Kier molecular flexibility index (Phi) is 2.57. The summed E-state index contributed by atoms with van der Waals surface area (Å²) in [5.41, 5.74) is 1.78. The molecule has 3 aliphatic carbocycles. The minimum Gasteiger partial charge on any atom is -0.386 e. The molecule has 2 nitrogen and oxygen atoms in total. The summed E-state index contributed by atoms with van der Waals surface area (Å²) >= 11 is 0. The number of aliphatic hydroxyl groups is 1. The number of fused-ring (bicyclic) bond motifs is 3. The minimum atomic E-state index is -0.688. The van der Waals surface area contributed by atoms with Gasteiger partial charge < -0.3 is 5.11 Å². The van der Waals surface area contributed by atoms with E-state index >= 15 is 0 Å². The highest BCUT2D eigenvalue weighted by atomic mass is 16.3. The molecule has 0 unspecified atom stereocenters. The lowest BCUT2D eigenvalue weighted by Crippen LogP contribution is -2.30. The van der Waals surface area contributed by atoms with Gasteiger partial charge in [0.25, 0.3) is 0 Å². The Morgan fingerprint density at radius 2 is 2.06 bits per heavy atom. The molecule has 3 rings (SSSR count). The Labute approximate surface area is 109 Å². The first-order chi connectivity index (χ1) is 8.42. The van der Waals surface area contributed by atoms with E-state index in [2.05, 4.69) is 26.0 Å². The zero-order valence-electron chi connectivity index (χ0n) is 11.4. The van der Waals surface area contributed by atoms with Crippen molar-refractivity contribution in [3.05, 3.63) is 23.3 Å². The van der Waals surface area contributed by atoms with Crippen LogP contribution in [0.15, 0.2) is 23.3 Å². The van der Waals surface area contributed by atoms with Crippen LogP contribution in [-0.2, 0) is 4.79 Å². The van der Waals surface area contributed by atoms with Gasteiger partial charge in [-0.15, -0.1) is 0 Å². The molecule has 0 amide bonds. The molecule has 0 heterocycles. The first kappa shape index (κ1) is 12.2. The first-order valence-electron chi connectivity index (χ1n) is 7.06. The summed E-state index contributed by atoms with van der Waals surface area (Å²) in [5, 5.41) is 10.7. The molecule has 0 saturated heterocycles. The van der Waals surface area contributed by atoms with Crippen molar-refractivity contribution in [1.82, 2.24) is 0 Å². The van der Waals surface area contributed by atoms with Crippen LogP contribution in [-0.4, -0.2) is 16.5 Å². The molecular weight excluding hydrogens is 224 g/mol. The van der Waals surface area contributed by atoms with Gasteiger partial charge in [0.05, 0.1) is 5.60 Å². The van der Waals surface area contributed by atoms with Crippen LogP contribution in [0.5, 0.6) is 0 Å². The van der Waals surface area contributed by atoms with Gasteiger partial charge >= 0.3 is 0 Å². The molecule has 0 radical (unpaired) electrons. The Bertz CT molecular complexity index is 456. The summed E-state index contributed by atoms with van der Waals surface area (Å²) in [6.07, 6.45) is 6.69. The molecule has 2 saturated carbocycles. The van der Waals surface area contributed by atoms with Gasteiger partial charge in [-0.1, -0.05) is 24.6 Å². The van der Waals surface area contributed by atoms with E-state index in [1.165, 1.54) is 5.57 Å². The van der Waals surface area contributed by atoms with E-state index in [0.29, 0.717) is 30.0 Å². The standard InChI is InChI=1S/C16H22O2/c1-9-4-5-13-15(9)12-8-14(17)10(2)11(12)6-7-16(13,3)18/h4-5,10-12,15,18H,6-8H2,1-3H3/t10-,11-,12-,15+,16-/m0/s1. The van der Waals surface area contributed by atoms with Crippen LogP contribution in [0.25, 0.3) is 0 Å². The van der Waals surface area contributed by atoms with Crippen molar-refractivity contribution in [3.63, 3.8) is 0 Å². The first-order valence-corrected chi connectivity index (χ1v) is 7.06. The smallest absolute Gasteiger partial charge is 0.136 e. The van der Waals surface area contributed by atoms with Crippen LogP contribution in [0, 0.1) is 23.7 Å². The Hall–Kier alpha value is -0.890. The van der Waals surface area contributed by atoms with Gasteiger partial charge in [-0.2, -0.15) is 0 Å². The normalized spacial score (nSPS) is 47.2. The topological polar surface area (TPSA) is 37.3 Å². The highest BCUT2D eigenvalue weighted by molar-refractivity contribution is 5.84. The molecule has 5 atom stereocenters. The third kappa shape index (κ3) is 1.55. The maximum Gasteiger partial charge on any atom is 0.136 e. The summed E-state index contributed by atoms with van der Waals surface area (Å²) in [4.78, 5) is 12.0. The lowest BCUT2D eigenvalue weighted by Gasteiger charge is -2.30. The second kappa shape index (κ2) is 3.80. The number of carbonyl (C=O) groups is 1. The van der Waals surface area contributed by atoms with Crippen molar-refractivity contribution < 1.29 is 9.90 Å². The number of ketones is 1. The molecule has 18 heavy (non-hydrogen) atoms. The van der Waals surface area contributed by atoms with E-state index in [-0.39, 0.29) is 5.92 Å². The second-order valence-electron chi connectivity index (χ2n) is 6.61. The molecule has 3 aliphatic rings. The third-order valence-corrected chi connectivity index (χ3v) is 5.50. The number of Topliss-reactive ketones (excluding diaryl/α,β-unsaturated/α-hetero) is 1. The second-order valence-corrected chi connectivity index (χ2v) is 6.61. The van der Waals surface area contributed by atoms with Crippen LogP contribution < -0.4 is 0 Å². The van der Waals surface area contributed by atoms with Gasteiger partial charge in [0.2, 0.25) is 0 Å². The summed E-state index contributed by atoms with van der Waals surface area (Å²) < 4.78 is 0. The number of rotatable bonds is 0. The van der Waals surface area contributed by atoms with Crippen LogP contribution >= 0.6 is 0 Å². The maximum atomic E-state index is 12.0. The van der Waals surface area contributed by atoms with Gasteiger partial charge in [0, 0.05) is 18.3 Å². The minimum absolute atomic E-state index is 0.179. The summed E-state index contributed by atoms with van der Waals surface area (Å²) in [5.74, 6) is 1.79. The summed E-state index contributed by atoms with van der Waals surface area (Å²) in [6.45, 7) is 6.15. The molecule has 98 valence electrons. The van der Waals surface area contributed by atoms with Crippen molar-refractivity contribution in [2.24, 2.45) is 23.7 Å². The van der Waals surface area contributed by atoms with Crippen molar-refractivity contribution >= 4 is 5.78 Å². The monoisotopic (exact) mass is 246 g/mol. The Morgan fingerprint density at radius 3 is 2.78 bits per heavy atom. The van der Waals surface area contributed by atoms with Gasteiger partial charge in [-0.25, -0.2) is 0 Å². The van der Waals surface area contributed by atoms with Crippen LogP contribution in [0.2, 0.25) is 0 Å². The largest absolute Gasteiger partial charge is 0.386 e. The average Bonchev–Trinajstić information content (AvgIpc) is 2.76. The lowest BCUT2D eigenvalue weighted by atomic mass is 9.76. The fourth-order valence-electron chi connectivity index (χ4n) is 4.36. The number of hydrogen-bond acceptors (Lipinski definition) is 2. The predicted molar refractivity (Wildman–Crippen MR) is 71.0 cm³/mol. The number of hydrogen-bond donors (Lipinski definition) is 1. The fraction of sp³-hybridized carbons (Fsp3) is 0.688. The molecule has 0 aromatic rings. The van der Waals surface area contributed by atoms with Crippen LogP contribution in [0.4, 0.5) is 0 Å². The molecule has 0 aromatic carbocycles. The fourth-order valence-corrected chi connectivity index (χ4v) is 4.36. The Morgan fingerprint density at radius 1 is 1.33 bits per heavy atom. The van der Waals surface area contributed by atoms with Crippen molar-refractivity contribution in [3.8, 4) is 0 Å². The zero-order valence-corrected chi connectivity index (χ0v) is 11.4. The quantitative estimate of drug-likeness (QED) is 0.713. The van der Waals surface area contributed by atoms with E-state index in [4.69, 9.17) is 0 Å². The SMILES string of the molecule is CC1=CC=C2[C@H]1[C@H]1CC(=O)[C@@H](C)[C@@H]1CC[C@]2(C)O. The summed E-state index contributed by atoms with van der Waals surface area (Å²) in [6, 6.07) is 0. The van der Waals surface area contributed by atoms with Crippen molar-refractivity contribution in [1.29, 1.82) is 0 Å². The predicted octanol–water partition coefficient (Wildman–Crippen LogP) is 2.88. The highest BCUT2D eigenvalue weighted by Gasteiger charge is 2.50. The molecule has 2 heteroatoms. The molecule has 2 fully saturated rings. The van der Waals surface area contributed by atoms with Crippen molar-refractivity contribution in [2.45, 2.75) is 45.6 Å². The molecule has 0 spiro atoms. The van der Waals surface area contributed by atoms with Crippen LogP contribution in [0.3, 0.4) is 0 Å². The van der Waals surface area contributed by atoms with Crippen LogP contribution in [0.1, 0.15) is 40.0 Å². The van der Waals surface area contributed by atoms with E-state index < -0.39 is 5.60 Å². The van der Waals surface area contributed by atoms with Crippen molar-refractivity contribution in [2.75, 3.05) is 0 Å². The highest BCUT2D eigenvalue weighted by Crippen LogP contribution is 2.53.